The van der Waals surface area contributed by atoms with E-state index in [0.29, 0.717) is 0 Å². The molecule has 0 aliphatic heterocycles. The number of rotatable bonds is 9. The van der Waals surface area contributed by atoms with E-state index in [9.17, 15) is 0 Å². The highest BCUT2D eigenvalue weighted by Gasteiger charge is 2.04. The quantitative estimate of drug-likeness (QED) is 0.732. The Morgan fingerprint density at radius 2 is 2.06 bits per heavy atom. The molecule has 1 rings (SSSR count). The number of nitrogens with zero attached hydrogens (tertiary/aromatic N) is 2. The van der Waals surface area contributed by atoms with Crippen LogP contribution in [0.2, 0.25) is 0 Å². The van der Waals surface area contributed by atoms with Crippen molar-refractivity contribution in [3.05, 3.63) is 18.3 Å². The Kier molecular flexibility index (Phi) is 7.18. The largest absolute Gasteiger partial charge is 0.490 e. The Bertz CT molecular complexity index is 327. The summed E-state index contributed by atoms with van der Waals surface area (Å²) in [5.41, 5.74) is 0. The van der Waals surface area contributed by atoms with Crippen molar-refractivity contribution in [3.8, 4) is 5.75 Å². The fourth-order valence-corrected chi connectivity index (χ4v) is 1.72. The first kappa shape index (κ1) is 14.8. The number of anilines is 1. The highest BCUT2D eigenvalue weighted by atomic mass is 16.5. The minimum atomic E-state index is 0.733. The van der Waals surface area contributed by atoms with Crippen LogP contribution in [-0.4, -0.2) is 42.7 Å². The molecule has 4 heteroatoms. The minimum absolute atomic E-state index is 0.733. The molecule has 0 radical (unpaired) electrons. The lowest BCUT2D eigenvalue weighted by molar-refractivity contribution is 0.312. The zero-order valence-corrected chi connectivity index (χ0v) is 11.8. The number of ether oxygens (including phenoxy) is 1. The molecule has 0 aromatic carbocycles. The molecule has 4 nitrogen and oxygen atoms in total. The molecule has 0 saturated heterocycles. The summed E-state index contributed by atoms with van der Waals surface area (Å²) in [7, 11) is 0. The molecule has 0 saturated carbocycles. The lowest BCUT2D eigenvalue weighted by Crippen LogP contribution is -2.28. The molecule has 0 unspecified atom stereocenters. The number of hydrogen-bond acceptors (Lipinski definition) is 4. The summed E-state index contributed by atoms with van der Waals surface area (Å²) in [4.78, 5) is 6.70. The summed E-state index contributed by atoms with van der Waals surface area (Å²) in [6, 6.07) is 3.86. The fraction of sp³-hybridized carbons (Fsp3) is 0.643. The van der Waals surface area contributed by atoms with Gasteiger partial charge in [-0.1, -0.05) is 20.8 Å². The van der Waals surface area contributed by atoms with Gasteiger partial charge in [0, 0.05) is 19.3 Å². The van der Waals surface area contributed by atoms with Crippen molar-refractivity contribution < 1.29 is 4.74 Å². The predicted octanol–water partition coefficient (Wildman–Crippen LogP) is 2.62. The molecule has 0 bridgehead atoms. The number of nitrogens with one attached hydrogen (secondary N) is 1. The number of hydrogen-bond donors (Lipinski definition) is 1. The Labute approximate surface area is 110 Å². The molecule has 0 spiro atoms. The van der Waals surface area contributed by atoms with E-state index in [1.165, 1.54) is 0 Å². The third kappa shape index (κ3) is 4.92. The van der Waals surface area contributed by atoms with Crippen LogP contribution in [0, 0.1) is 0 Å². The topological polar surface area (TPSA) is 37.4 Å². The number of likely N-dealkylation sites (N-methyl/N-ethyl adjacent to an activating group) is 1. The molecule has 18 heavy (non-hydrogen) atoms. The van der Waals surface area contributed by atoms with E-state index < -0.39 is 0 Å². The molecule has 0 aliphatic carbocycles. The van der Waals surface area contributed by atoms with Crippen molar-refractivity contribution in [2.45, 2.75) is 27.2 Å². The SMILES string of the molecule is CCCOc1cccnc1NCCN(CC)CC. The zero-order valence-electron chi connectivity index (χ0n) is 11.8. The monoisotopic (exact) mass is 251 g/mol. The van der Waals surface area contributed by atoms with Gasteiger partial charge in [0.25, 0.3) is 0 Å². The van der Waals surface area contributed by atoms with Crippen LogP contribution in [0.15, 0.2) is 18.3 Å². The van der Waals surface area contributed by atoms with Crippen molar-refractivity contribution in [2.24, 2.45) is 0 Å². The maximum absolute atomic E-state index is 5.66. The van der Waals surface area contributed by atoms with Crippen molar-refractivity contribution in [1.82, 2.24) is 9.88 Å². The fourth-order valence-electron chi connectivity index (χ4n) is 1.72. The summed E-state index contributed by atoms with van der Waals surface area (Å²) in [5.74, 6) is 1.69. The number of pyridine rings is 1. The second-order valence-corrected chi connectivity index (χ2v) is 4.15. The van der Waals surface area contributed by atoms with Crippen LogP contribution in [-0.2, 0) is 0 Å². The molecule has 0 aliphatic rings. The maximum atomic E-state index is 5.66. The summed E-state index contributed by atoms with van der Waals surface area (Å²) in [5, 5.41) is 3.34. The average Bonchev–Trinajstić information content (AvgIpc) is 2.42. The van der Waals surface area contributed by atoms with Gasteiger partial charge in [-0.3, -0.25) is 0 Å². The first-order valence-electron chi connectivity index (χ1n) is 6.85. The standard InChI is InChI=1S/C14H25N3O/c1-4-12-18-13-8-7-9-15-14(13)16-10-11-17(5-2)6-3/h7-9H,4-6,10-12H2,1-3H3,(H,15,16). The predicted molar refractivity (Wildman–Crippen MR) is 76.3 cm³/mol. The van der Waals surface area contributed by atoms with E-state index in [2.05, 4.69) is 36.0 Å². The Balaban J connectivity index is 2.45. The van der Waals surface area contributed by atoms with Gasteiger partial charge in [0.2, 0.25) is 0 Å². The van der Waals surface area contributed by atoms with E-state index >= 15 is 0 Å². The minimum Gasteiger partial charge on any atom is -0.490 e. The third-order valence-corrected chi connectivity index (χ3v) is 2.85. The van der Waals surface area contributed by atoms with Crippen molar-refractivity contribution in [1.29, 1.82) is 0 Å². The average molecular weight is 251 g/mol. The number of aromatic nitrogens is 1. The summed E-state index contributed by atoms with van der Waals surface area (Å²) in [6.45, 7) is 11.3. The summed E-state index contributed by atoms with van der Waals surface area (Å²) >= 11 is 0. The van der Waals surface area contributed by atoms with Crippen LogP contribution in [0.1, 0.15) is 27.2 Å². The van der Waals surface area contributed by atoms with E-state index in [-0.39, 0.29) is 0 Å². The molecule has 0 atom stereocenters. The van der Waals surface area contributed by atoms with Crippen molar-refractivity contribution in [2.75, 3.05) is 38.1 Å². The van der Waals surface area contributed by atoms with E-state index in [4.69, 9.17) is 4.74 Å². The van der Waals surface area contributed by atoms with E-state index in [1.807, 2.05) is 12.1 Å². The first-order valence-corrected chi connectivity index (χ1v) is 6.85. The third-order valence-electron chi connectivity index (χ3n) is 2.85. The van der Waals surface area contributed by atoms with Crippen LogP contribution < -0.4 is 10.1 Å². The molecule has 1 heterocycles. The normalized spacial score (nSPS) is 10.7. The molecule has 0 fully saturated rings. The Hall–Kier alpha value is -1.29. The Morgan fingerprint density at radius 3 is 2.72 bits per heavy atom. The smallest absolute Gasteiger partial charge is 0.168 e. The van der Waals surface area contributed by atoms with Gasteiger partial charge < -0.3 is 15.0 Å². The van der Waals surface area contributed by atoms with Gasteiger partial charge in [-0.05, 0) is 31.6 Å². The highest BCUT2D eigenvalue weighted by Crippen LogP contribution is 2.20. The van der Waals surface area contributed by atoms with Crippen LogP contribution in [0.25, 0.3) is 0 Å². The molecule has 0 amide bonds. The van der Waals surface area contributed by atoms with Gasteiger partial charge in [-0.2, -0.15) is 0 Å². The summed E-state index contributed by atoms with van der Waals surface area (Å²) < 4.78 is 5.66. The molecular weight excluding hydrogens is 226 g/mol. The Morgan fingerprint density at radius 1 is 1.28 bits per heavy atom. The van der Waals surface area contributed by atoms with Crippen LogP contribution in [0.3, 0.4) is 0 Å². The van der Waals surface area contributed by atoms with Gasteiger partial charge >= 0.3 is 0 Å². The first-order chi connectivity index (χ1) is 8.81. The van der Waals surface area contributed by atoms with Gasteiger partial charge in [0.1, 0.15) is 0 Å². The van der Waals surface area contributed by atoms with Crippen LogP contribution in [0.5, 0.6) is 5.75 Å². The van der Waals surface area contributed by atoms with Crippen molar-refractivity contribution in [3.63, 3.8) is 0 Å². The van der Waals surface area contributed by atoms with E-state index in [0.717, 1.165) is 50.8 Å². The summed E-state index contributed by atoms with van der Waals surface area (Å²) in [6.07, 6.45) is 2.80. The van der Waals surface area contributed by atoms with Crippen LogP contribution in [0.4, 0.5) is 5.82 Å². The molecule has 1 aromatic heterocycles. The van der Waals surface area contributed by atoms with Gasteiger partial charge in [0.15, 0.2) is 11.6 Å². The van der Waals surface area contributed by atoms with Gasteiger partial charge in [-0.25, -0.2) is 4.98 Å². The second kappa shape index (κ2) is 8.75. The lowest BCUT2D eigenvalue weighted by Gasteiger charge is -2.18. The highest BCUT2D eigenvalue weighted by molar-refractivity contribution is 5.49. The second-order valence-electron chi connectivity index (χ2n) is 4.15. The van der Waals surface area contributed by atoms with Gasteiger partial charge in [0.05, 0.1) is 6.61 Å². The van der Waals surface area contributed by atoms with E-state index in [1.54, 1.807) is 6.20 Å². The maximum Gasteiger partial charge on any atom is 0.168 e. The van der Waals surface area contributed by atoms with Crippen LogP contribution >= 0.6 is 0 Å². The lowest BCUT2D eigenvalue weighted by atomic mass is 10.4. The molecule has 1 N–H and O–H groups in total. The molecule has 1 aromatic rings. The molecule has 102 valence electrons. The van der Waals surface area contributed by atoms with Crippen molar-refractivity contribution >= 4 is 5.82 Å². The zero-order chi connectivity index (χ0) is 13.2. The van der Waals surface area contributed by atoms with Gasteiger partial charge in [-0.15, -0.1) is 0 Å². The molecular formula is C14H25N3O.